The normalized spacial score (nSPS) is 31.5. The van der Waals surface area contributed by atoms with Gasteiger partial charge < -0.3 is 20.1 Å². The van der Waals surface area contributed by atoms with Crippen molar-refractivity contribution in [2.45, 2.75) is 51.6 Å². The van der Waals surface area contributed by atoms with Crippen LogP contribution in [0.1, 0.15) is 60.0 Å². The van der Waals surface area contributed by atoms with Crippen molar-refractivity contribution in [1.82, 2.24) is 9.97 Å². The van der Waals surface area contributed by atoms with Gasteiger partial charge in [-0.05, 0) is 49.1 Å². The Kier molecular flexibility index (Phi) is 6.04. The molecule has 2 aromatic heterocycles. The number of hydrogen-bond acceptors (Lipinski definition) is 8. The van der Waals surface area contributed by atoms with Crippen LogP contribution in [0.15, 0.2) is 18.3 Å². The molecule has 8 nitrogen and oxygen atoms in total. The number of nitrogens with zero attached hydrogens (tertiary/aromatic N) is 2. The number of carbonyl (C=O) groups is 2. The summed E-state index contributed by atoms with van der Waals surface area (Å²) in [7, 11) is 0. The van der Waals surface area contributed by atoms with E-state index < -0.39 is 34.7 Å². The summed E-state index contributed by atoms with van der Waals surface area (Å²) in [5.41, 5.74) is -0.271. The molecule has 172 valence electrons. The van der Waals surface area contributed by atoms with Gasteiger partial charge in [0.2, 0.25) is 0 Å². The van der Waals surface area contributed by atoms with Gasteiger partial charge in [0.1, 0.15) is 5.15 Å². The lowest BCUT2D eigenvalue weighted by atomic mass is 9.47. The standard InChI is InChI=1S/C22H26ClN3O5S/c1-21-5-3-15(28)22(2,10-27)14(21)9-13-18(12(21)8-17(29)30)25-20(32-13)26-19(31)11-4-6-24-16(23)7-11/h4,6-7,12,14-15,27-28H,3,5,8-10H2,1-2H3,(H,29,30)(H,25,26,31)/p-1/t12-,14+,15-,21+,22+/m1/s1. The van der Waals surface area contributed by atoms with Crippen molar-refractivity contribution in [3.05, 3.63) is 39.6 Å². The molecule has 0 aromatic carbocycles. The van der Waals surface area contributed by atoms with E-state index in [0.29, 0.717) is 35.7 Å². The smallest absolute Gasteiger partial charge is 0.257 e. The minimum Gasteiger partial charge on any atom is -0.550 e. The predicted octanol–water partition coefficient (Wildman–Crippen LogP) is 2.00. The Balaban J connectivity index is 1.72. The van der Waals surface area contributed by atoms with Gasteiger partial charge in [-0.25, -0.2) is 9.97 Å². The number of thiazole rings is 1. The molecule has 2 aromatic rings. The molecule has 2 aliphatic rings. The van der Waals surface area contributed by atoms with Gasteiger partial charge in [-0.2, -0.15) is 0 Å². The summed E-state index contributed by atoms with van der Waals surface area (Å²) in [5.74, 6) is -2.17. The van der Waals surface area contributed by atoms with Gasteiger partial charge >= 0.3 is 0 Å². The van der Waals surface area contributed by atoms with E-state index in [0.717, 1.165) is 4.88 Å². The van der Waals surface area contributed by atoms with Crippen LogP contribution >= 0.6 is 22.9 Å². The second kappa shape index (κ2) is 8.37. The van der Waals surface area contributed by atoms with Gasteiger partial charge in [-0.3, -0.25) is 10.1 Å². The summed E-state index contributed by atoms with van der Waals surface area (Å²) in [6, 6.07) is 2.99. The molecule has 0 saturated heterocycles. The van der Waals surface area contributed by atoms with E-state index >= 15 is 0 Å². The van der Waals surface area contributed by atoms with E-state index in [1.807, 2.05) is 13.8 Å². The van der Waals surface area contributed by atoms with Crippen LogP contribution in [0, 0.1) is 16.7 Å². The van der Waals surface area contributed by atoms with Crippen molar-refractivity contribution < 1.29 is 24.9 Å². The zero-order valence-corrected chi connectivity index (χ0v) is 19.4. The minimum absolute atomic E-state index is 0.149. The molecule has 0 unspecified atom stereocenters. The number of amides is 1. The number of carboxylic acids is 1. The second-order valence-corrected chi connectivity index (χ2v) is 10.7. The molecular weight excluding hydrogens is 454 g/mol. The zero-order chi connectivity index (χ0) is 23.3. The first kappa shape index (κ1) is 23.1. The van der Waals surface area contributed by atoms with E-state index in [-0.39, 0.29) is 24.1 Å². The number of aliphatic carboxylic acids is 1. The fraction of sp³-hybridized carbons (Fsp3) is 0.545. The van der Waals surface area contributed by atoms with Gasteiger partial charge in [-0.15, -0.1) is 11.3 Å². The Morgan fingerprint density at radius 2 is 2.16 bits per heavy atom. The number of anilines is 1. The molecule has 0 bridgehead atoms. The third-order valence-electron chi connectivity index (χ3n) is 7.47. The summed E-state index contributed by atoms with van der Waals surface area (Å²) in [4.78, 5) is 33.7. The molecule has 0 spiro atoms. The summed E-state index contributed by atoms with van der Waals surface area (Å²) >= 11 is 7.16. The first-order valence-electron chi connectivity index (χ1n) is 10.5. The molecule has 2 heterocycles. The summed E-state index contributed by atoms with van der Waals surface area (Å²) in [6.07, 6.45) is 2.17. The number of carbonyl (C=O) groups excluding carboxylic acids is 2. The first-order valence-corrected chi connectivity index (χ1v) is 11.7. The van der Waals surface area contributed by atoms with Crippen molar-refractivity contribution in [2.75, 3.05) is 11.9 Å². The lowest BCUT2D eigenvalue weighted by molar-refractivity contribution is -0.307. The van der Waals surface area contributed by atoms with Crippen LogP contribution in [-0.2, 0) is 11.2 Å². The van der Waals surface area contributed by atoms with Crippen molar-refractivity contribution >= 4 is 39.9 Å². The largest absolute Gasteiger partial charge is 0.550 e. The fourth-order valence-electron chi connectivity index (χ4n) is 5.58. The predicted molar refractivity (Wildman–Crippen MR) is 117 cm³/mol. The quantitative estimate of drug-likeness (QED) is 0.559. The van der Waals surface area contributed by atoms with Gasteiger partial charge in [0.25, 0.3) is 5.91 Å². The third kappa shape index (κ3) is 3.81. The average molecular weight is 479 g/mol. The highest BCUT2D eigenvalue weighted by Crippen LogP contribution is 2.62. The number of aliphatic hydroxyl groups excluding tert-OH is 2. The topological polar surface area (TPSA) is 135 Å². The summed E-state index contributed by atoms with van der Waals surface area (Å²) in [5, 5.41) is 35.9. The van der Waals surface area contributed by atoms with E-state index in [9.17, 15) is 24.9 Å². The molecule has 3 N–H and O–H groups in total. The lowest BCUT2D eigenvalue weighted by Crippen LogP contribution is -2.57. The van der Waals surface area contributed by atoms with Crippen LogP contribution in [0.3, 0.4) is 0 Å². The number of aromatic nitrogens is 2. The van der Waals surface area contributed by atoms with Gasteiger partial charge in [-0.1, -0.05) is 25.4 Å². The van der Waals surface area contributed by atoms with E-state index in [4.69, 9.17) is 11.6 Å². The maximum absolute atomic E-state index is 12.6. The third-order valence-corrected chi connectivity index (χ3v) is 8.69. The van der Waals surface area contributed by atoms with Crippen molar-refractivity contribution in [1.29, 1.82) is 0 Å². The fourth-order valence-corrected chi connectivity index (χ4v) is 6.82. The molecule has 0 aliphatic heterocycles. The molecule has 5 atom stereocenters. The number of halogens is 1. The molecule has 1 fully saturated rings. The van der Waals surface area contributed by atoms with Crippen molar-refractivity contribution in [3.63, 3.8) is 0 Å². The highest BCUT2D eigenvalue weighted by Gasteiger charge is 2.58. The van der Waals surface area contributed by atoms with E-state index in [1.54, 1.807) is 0 Å². The molecule has 4 rings (SSSR count). The van der Waals surface area contributed by atoms with Crippen LogP contribution in [0.25, 0.3) is 0 Å². The second-order valence-electron chi connectivity index (χ2n) is 9.26. The number of nitrogens with one attached hydrogen (secondary N) is 1. The zero-order valence-electron chi connectivity index (χ0n) is 17.8. The van der Waals surface area contributed by atoms with Crippen LogP contribution in [-0.4, -0.2) is 44.8 Å². The van der Waals surface area contributed by atoms with Gasteiger partial charge in [0, 0.05) is 33.9 Å². The number of fused-ring (bicyclic) bond motifs is 2. The van der Waals surface area contributed by atoms with E-state index in [2.05, 4.69) is 15.3 Å². The Bertz CT molecular complexity index is 1060. The molecule has 10 heteroatoms. The molecule has 1 saturated carbocycles. The van der Waals surface area contributed by atoms with Crippen LogP contribution in [0.4, 0.5) is 5.13 Å². The number of rotatable bonds is 5. The molecular formula is C22H25ClN3O5S-. The number of pyridine rings is 1. The molecule has 2 aliphatic carbocycles. The number of hydrogen-bond donors (Lipinski definition) is 3. The average Bonchev–Trinajstić information content (AvgIpc) is 3.14. The van der Waals surface area contributed by atoms with Crippen LogP contribution < -0.4 is 10.4 Å². The first-order chi connectivity index (χ1) is 15.1. The minimum atomic E-state index is -1.18. The monoisotopic (exact) mass is 478 g/mol. The van der Waals surface area contributed by atoms with Crippen LogP contribution in [0.2, 0.25) is 5.15 Å². The Labute approximate surface area is 194 Å². The Hall–Kier alpha value is -2.07. The molecule has 32 heavy (non-hydrogen) atoms. The Morgan fingerprint density at radius 3 is 2.81 bits per heavy atom. The van der Waals surface area contributed by atoms with E-state index in [1.165, 1.54) is 29.7 Å². The lowest BCUT2D eigenvalue weighted by Gasteiger charge is -2.58. The summed E-state index contributed by atoms with van der Waals surface area (Å²) in [6.45, 7) is 3.68. The highest BCUT2D eigenvalue weighted by atomic mass is 35.5. The summed E-state index contributed by atoms with van der Waals surface area (Å²) < 4.78 is 0. The number of aliphatic hydroxyl groups is 2. The van der Waals surface area contributed by atoms with Crippen LogP contribution in [0.5, 0.6) is 0 Å². The van der Waals surface area contributed by atoms with Gasteiger partial charge in [0.15, 0.2) is 5.13 Å². The van der Waals surface area contributed by atoms with Crippen molar-refractivity contribution in [2.24, 2.45) is 16.7 Å². The maximum Gasteiger partial charge on any atom is 0.257 e. The van der Waals surface area contributed by atoms with Crippen molar-refractivity contribution in [3.8, 4) is 0 Å². The van der Waals surface area contributed by atoms with Gasteiger partial charge in [0.05, 0.1) is 18.4 Å². The SMILES string of the molecule is C[C@]1(CO)[C@H]2Cc3sc(NC(=O)c4ccnc(Cl)c4)nc3[C@@H](CC(=O)[O-])[C@]2(C)CC[C@H]1O. The maximum atomic E-state index is 12.6. The number of carboxylic acid groups (broad SMARTS) is 1. The Morgan fingerprint density at radius 1 is 1.41 bits per heavy atom. The molecule has 0 radical (unpaired) electrons. The molecule has 1 amide bonds. The highest BCUT2D eigenvalue weighted by molar-refractivity contribution is 7.15.